The van der Waals surface area contributed by atoms with Gasteiger partial charge in [-0.05, 0) is 38.3 Å². The number of sulfone groups is 1. The van der Waals surface area contributed by atoms with E-state index < -0.39 is 9.84 Å². The average molecular weight is 553 g/mol. The van der Waals surface area contributed by atoms with Crippen LogP contribution in [-0.4, -0.2) is 69.7 Å². The molecule has 172 valence electrons. The van der Waals surface area contributed by atoms with Crippen LogP contribution in [-0.2, 0) is 27.7 Å². The predicted molar refractivity (Wildman–Crippen MR) is 134 cm³/mol. The lowest BCUT2D eigenvalue weighted by Crippen LogP contribution is -2.45. The van der Waals surface area contributed by atoms with Gasteiger partial charge in [-0.15, -0.1) is 24.0 Å². The van der Waals surface area contributed by atoms with Crippen molar-refractivity contribution in [3.05, 3.63) is 35.4 Å². The van der Waals surface area contributed by atoms with E-state index in [0.29, 0.717) is 18.9 Å². The van der Waals surface area contributed by atoms with Crippen molar-refractivity contribution >= 4 is 39.8 Å². The first-order chi connectivity index (χ1) is 13.7. The number of guanidine groups is 1. The van der Waals surface area contributed by atoms with Gasteiger partial charge in [-0.2, -0.15) is 0 Å². The van der Waals surface area contributed by atoms with Gasteiger partial charge < -0.3 is 15.4 Å². The molecule has 30 heavy (non-hydrogen) atoms. The molecule has 3 unspecified atom stereocenters. The van der Waals surface area contributed by atoms with E-state index in [1.807, 2.05) is 6.92 Å². The van der Waals surface area contributed by atoms with Gasteiger partial charge in [0.15, 0.2) is 5.96 Å². The minimum absolute atomic E-state index is 0. The van der Waals surface area contributed by atoms with E-state index in [2.05, 4.69) is 58.6 Å². The molecule has 0 radical (unpaired) electrons. The van der Waals surface area contributed by atoms with Crippen molar-refractivity contribution < 1.29 is 13.2 Å². The fraction of sp³-hybridized carbons (Fsp3) is 0.667. The Labute approximate surface area is 199 Å². The largest absolute Gasteiger partial charge is 0.373 e. The van der Waals surface area contributed by atoms with E-state index >= 15 is 0 Å². The summed E-state index contributed by atoms with van der Waals surface area (Å²) in [5, 5.41) is 6.62. The molecule has 1 aliphatic rings. The molecule has 0 amide bonds. The normalized spacial score (nSPS) is 21.6. The van der Waals surface area contributed by atoms with Gasteiger partial charge in [0.2, 0.25) is 0 Å². The minimum atomic E-state index is -2.96. The van der Waals surface area contributed by atoms with Crippen molar-refractivity contribution in [1.29, 1.82) is 0 Å². The highest BCUT2D eigenvalue weighted by molar-refractivity contribution is 14.0. The Morgan fingerprint density at radius 2 is 1.83 bits per heavy atom. The molecule has 3 atom stereocenters. The summed E-state index contributed by atoms with van der Waals surface area (Å²) >= 11 is 0. The third-order valence-electron chi connectivity index (χ3n) is 4.98. The maximum atomic E-state index is 11.4. The van der Waals surface area contributed by atoms with Crippen LogP contribution in [0.4, 0.5) is 0 Å². The summed E-state index contributed by atoms with van der Waals surface area (Å²) in [7, 11) is -1.24. The van der Waals surface area contributed by atoms with Crippen molar-refractivity contribution in [2.75, 3.05) is 32.1 Å². The lowest BCUT2D eigenvalue weighted by molar-refractivity contribution is -0.0705. The van der Waals surface area contributed by atoms with E-state index in [4.69, 9.17) is 4.74 Å². The van der Waals surface area contributed by atoms with Crippen LogP contribution in [0, 0.1) is 0 Å². The minimum Gasteiger partial charge on any atom is -0.373 e. The number of ether oxygens (including phenoxy) is 1. The Morgan fingerprint density at radius 3 is 2.40 bits per heavy atom. The smallest absolute Gasteiger partial charge is 0.191 e. The Balaban J connectivity index is 0.00000450. The van der Waals surface area contributed by atoms with Crippen LogP contribution < -0.4 is 10.6 Å². The summed E-state index contributed by atoms with van der Waals surface area (Å²) < 4.78 is 28.6. The van der Waals surface area contributed by atoms with Crippen LogP contribution in [0.15, 0.2) is 29.3 Å². The molecule has 1 aliphatic heterocycles. The summed E-state index contributed by atoms with van der Waals surface area (Å²) in [4.78, 5) is 6.71. The topological polar surface area (TPSA) is 83.0 Å². The quantitative estimate of drug-likeness (QED) is 0.293. The monoisotopic (exact) mass is 552 g/mol. The van der Waals surface area contributed by atoms with Gasteiger partial charge in [-0.1, -0.05) is 24.3 Å². The fourth-order valence-electron chi connectivity index (χ4n) is 3.61. The molecule has 0 spiro atoms. The van der Waals surface area contributed by atoms with Crippen LogP contribution in [0.25, 0.3) is 0 Å². The summed E-state index contributed by atoms with van der Waals surface area (Å²) in [6.07, 6.45) is 2.31. The molecule has 1 heterocycles. The number of hydrogen-bond donors (Lipinski definition) is 2. The first-order valence-electron chi connectivity index (χ1n) is 10.3. The zero-order valence-electron chi connectivity index (χ0n) is 18.7. The van der Waals surface area contributed by atoms with E-state index in [1.165, 1.54) is 17.4 Å². The maximum Gasteiger partial charge on any atom is 0.191 e. The van der Waals surface area contributed by atoms with Crippen LogP contribution in [0.2, 0.25) is 0 Å². The Hall–Kier alpha value is -0.910. The second-order valence-electron chi connectivity index (χ2n) is 8.11. The lowest BCUT2D eigenvalue weighted by Gasteiger charge is -2.35. The van der Waals surface area contributed by atoms with Gasteiger partial charge in [0.1, 0.15) is 9.84 Å². The van der Waals surface area contributed by atoms with Crippen LogP contribution in [0.3, 0.4) is 0 Å². The van der Waals surface area contributed by atoms with Gasteiger partial charge in [0.05, 0.1) is 18.0 Å². The van der Waals surface area contributed by atoms with Crippen molar-refractivity contribution in [3.8, 4) is 0 Å². The molecule has 1 saturated heterocycles. The molecular formula is C21H37IN4O3S. The highest BCUT2D eigenvalue weighted by atomic mass is 127. The fourth-order valence-corrected chi connectivity index (χ4v) is 4.39. The molecule has 1 fully saturated rings. The van der Waals surface area contributed by atoms with Crippen LogP contribution >= 0.6 is 24.0 Å². The average Bonchev–Trinajstić information content (AvgIpc) is 2.63. The number of nitrogens with zero attached hydrogens (tertiary/aromatic N) is 2. The SMILES string of the molecule is CN=C(NCc1ccccc1CN1CC(C)OC(C)C1)NC(C)CCS(C)(=O)=O.I. The molecule has 2 rings (SSSR count). The van der Waals surface area contributed by atoms with Gasteiger partial charge in [0.25, 0.3) is 0 Å². The zero-order valence-corrected chi connectivity index (χ0v) is 21.9. The third kappa shape index (κ3) is 9.93. The lowest BCUT2D eigenvalue weighted by atomic mass is 10.1. The molecule has 0 saturated carbocycles. The van der Waals surface area contributed by atoms with Gasteiger partial charge in [0, 0.05) is 45.5 Å². The van der Waals surface area contributed by atoms with E-state index in [9.17, 15) is 8.42 Å². The highest BCUT2D eigenvalue weighted by Crippen LogP contribution is 2.17. The molecular weight excluding hydrogens is 515 g/mol. The summed E-state index contributed by atoms with van der Waals surface area (Å²) in [6, 6.07) is 8.45. The van der Waals surface area contributed by atoms with Crippen LogP contribution in [0.5, 0.6) is 0 Å². The molecule has 0 aromatic heterocycles. The predicted octanol–water partition coefficient (Wildman–Crippen LogP) is 2.40. The first kappa shape index (κ1) is 27.1. The standard InChI is InChI=1S/C21H36N4O3S.HI/c1-16(10-11-29(5,26)27)24-21(22-4)23-12-19-8-6-7-9-20(19)15-25-13-17(2)28-18(3)14-25;/h6-9,16-18H,10-15H2,1-5H3,(H2,22,23,24);1H. The Morgan fingerprint density at radius 1 is 1.23 bits per heavy atom. The number of aliphatic imine (C=N–C) groups is 1. The van der Waals surface area contributed by atoms with Crippen LogP contribution in [0.1, 0.15) is 38.3 Å². The van der Waals surface area contributed by atoms with Gasteiger partial charge >= 0.3 is 0 Å². The number of nitrogens with one attached hydrogen (secondary N) is 2. The summed E-state index contributed by atoms with van der Waals surface area (Å²) in [5.41, 5.74) is 2.52. The Bertz CT molecular complexity index is 778. The number of halogens is 1. The maximum absolute atomic E-state index is 11.4. The van der Waals surface area contributed by atoms with E-state index in [0.717, 1.165) is 19.6 Å². The van der Waals surface area contributed by atoms with E-state index in [1.54, 1.807) is 7.05 Å². The van der Waals surface area contributed by atoms with E-state index in [-0.39, 0.29) is 48.0 Å². The second-order valence-corrected chi connectivity index (χ2v) is 10.4. The number of benzene rings is 1. The molecule has 1 aromatic carbocycles. The summed E-state index contributed by atoms with van der Waals surface area (Å²) in [5.74, 6) is 0.839. The van der Waals surface area contributed by atoms with Gasteiger partial charge in [-0.3, -0.25) is 9.89 Å². The number of rotatable bonds is 8. The molecule has 7 nitrogen and oxygen atoms in total. The van der Waals surface area contributed by atoms with Crippen molar-refractivity contribution in [2.24, 2.45) is 4.99 Å². The van der Waals surface area contributed by atoms with Crippen molar-refractivity contribution in [1.82, 2.24) is 15.5 Å². The second kappa shape index (κ2) is 12.8. The number of hydrogen-bond acceptors (Lipinski definition) is 5. The molecule has 0 bridgehead atoms. The highest BCUT2D eigenvalue weighted by Gasteiger charge is 2.22. The summed E-state index contributed by atoms with van der Waals surface area (Å²) in [6.45, 7) is 9.64. The molecule has 2 N–H and O–H groups in total. The number of morpholine rings is 1. The molecule has 0 aliphatic carbocycles. The Kier molecular flexibility index (Phi) is 11.6. The van der Waals surface area contributed by atoms with Gasteiger partial charge in [-0.25, -0.2) is 8.42 Å². The molecule has 9 heteroatoms. The third-order valence-corrected chi connectivity index (χ3v) is 5.96. The molecule has 1 aromatic rings. The zero-order chi connectivity index (χ0) is 21.4. The first-order valence-corrected chi connectivity index (χ1v) is 12.3. The van der Waals surface area contributed by atoms with Crippen molar-refractivity contribution in [3.63, 3.8) is 0 Å². The van der Waals surface area contributed by atoms with Crippen molar-refractivity contribution in [2.45, 2.75) is 58.5 Å².